The molecule has 0 spiro atoms. The third-order valence-electron chi connectivity index (χ3n) is 3.03. The summed E-state index contributed by atoms with van der Waals surface area (Å²) in [6, 6.07) is 0. The number of phosphoric ester groups is 1. The van der Waals surface area contributed by atoms with E-state index in [-0.39, 0.29) is 25.7 Å². The topological polar surface area (TPSA) is 102 Å². The maximum absolute atomic E-state index is 11.8. The van der Waals surface area contributed by atoms with E-state index in [1.54, 1.807) is 0 Å². The van der Waals surface area contributed by atoms with E-state index in [9.17, 15) is 14.3 Å². The van der Waals surface area contributed by atoms with Gasteiger partial charge in [-0.2, -0.15) is 0 Å². The second kappa shape index (κ2) is 11.1. The molecule has 0 heterocycles. The maximum atomic E-state index is 11.8. The number of unbranched alkanes of at least 4 members (excludes halogenated alkanes) is 1. The molecule has 8 nitrogen and oxygen atoms in total. The average Bonchev–Trinajstić information content (AvgIpc) is 2.39. The Labute approximate surface area is 138 Å². The fraction of sp³-hybridized carbons (Fsp3) is 0.929. The van der Waals surface area contributed by atoms with Gasteiger partial charge in [-0.25, -0.2) is 4.57 Å². The molecule has 0 aliphatic rings. The Morgan fingerprint density at radius 1 is 1.17 bits per heavy atom. The summed E-state index contributed by atoms with van der Waals surface area (Å²) in [5.41, 5.74) is 0. The Balaban J connectivity index is 3.94. The molecule has 0 aliphatic carbocycles. The number of hydrogen-bond acceptors (Lipinski definition) is 5. The van der Waals surface area contributed by atoms with Gasteiger partial charge in [0.15, 0.2) is 0 Å². The fourth-order valence-electron chi connectivity index (χ4n) is 1.56. The first kappa shape index (κ1) is 22.5. The van der Waals surface area contributed by atoms with Crippen molar-refractivity contribution in [1.82, 2.24) is 0 Å². The van der Waals surface area contributed by atoms with Gasteiger partial charge >= 0.3 is 13.8 Å². The van der Waals surface area contributed by atoms with Crippen LogP contribution in [0.3, 0.4) is 0 Å². The zero-order valence-electron chi connectivity index (χ0n) is 14.6. The Morgan fingerprint density at radius 2 is 1.83 bits per heavy atom. The molecule has 138 valence electrons. The van der Waals surface area contributed by atoms with E-state index in [1.807, 2.05) is 28.1 Å². The molecule has 0 aromatic heterocycles. The van der Waals surface area contributed by atoms with Gasteiger partial charge in [0.2, 0.25) is 0 Å². The summed E-state index contributed by atoms with van der Waals surface area (Å²) in [5.74, 6) is -0.826. The van der Waals surface area contributed by atoms with Gasteiger partial charge in [0.1, 0.15) is 13.2 Å². The highest BCUT2D eigenvalue weighted by Gasteiger charge is 2.24. The number of rotatable bonds is 14. The molecule has 0 aromatic carbocycles. The van der Waals surface area contributed by atoms with Gasteiger partial charge < -0.3 is 19.2 Å². The predicted octanol–water partition coefficient (Wildman–Crippen LogP) is 1.88. The van der Waals surface area contributed by atoms with Crippen molar-refractivity contribution in [1.29, 1.82) is 0 Å². The minimum atomic E-state index is -4.07. The highest BCUT2D eigenvalue weighted by molar-refractivity contribution is 7.47. The molecule has 0 saturated heterocycles. The van der Waals surface area contributed by atoms with E-state index in [4.69, 9.17) is 18.9 Å². The van der Waals surface area contributed by atoms with Crippen LogP contribution in [0.1, 0.15) is 32.6 Å². The molecule has 23 heavy (non-hydrogen) atoms. The zero-order valence-corrected chi connectivity index (χ0v) is 15.5. The first-order valence-electron chi connectivity index (χ1n) is 7.81. The van der Waals surface area contributed by atoms with Crippen molar-refractivity contribution in [3.8, 4) is 0 Å². The van der Waals surface area contributed by atoms with Gasteiger partial charge in [0.05, 0.1) is 33.9 Å². The van der Waals surface area contributed by atoms with Gasteiger partial charge in [0, 0.05) is 13.0 Å². The molecule has 9 heteroatoms. The molecule has 0 aromatic rings. The zero-order chi connectivity index (χ0) is 17.9. The third-order valence-corrected chi connectivity index (χ3v) is 4.02. The fourth-order valence-corrected chi connectivity index (χ4v) is 2.30. The van der Waals surface area contributed by atoms with E-state index < -0.39 is 13.8 Å². The first-order valence-corrected chi connectivity index (χ1v) is 9.31. The summed E-state index contributed by atoms with van der Waals surface area (Å²) in [6.07, 6.45) is 1.58. The summed E-state index contributed by atoms with van der Waals surface area (Å²) in [7, 11) is 1.80. The second-order valence-corrected chi connectivity index (χ2v) is 7.82. The maximum Gasteiger partial charge on any atom is 0.472 e. The van der Waals surface area contributed by atoms with E-state index in [1.165, 1.54) is 0 Å². The van der Waals surface area contributed by atoms with Crippen molar-refractivity contribution in [2.45, 2.75) is 38.7 Å². The monoisotopic (exact) mass is 356 g/mol. The standard InChI is InChI=1S/C14H30NO7P/c1-5-13(20-10-7-6-8-14(16)17)12-22-23(18,19)21-11-9-15(2,3)4/h13H,5-12H2,1-4H3,(H-,16,17,18,19)/p+1. The van der Waals surface area contributed by atoms with Gasteiger partial charge in [-0.15, -0.1) is 0 Å². The van der Waals surface area contributed by atoms with Crippen molar-refractivity contribution in [3.63, 3.8) is 0 Å². The van der Waals surface area contributed by atoms with Crippen LogP contribution in [0.2, 0.25) is 0 Å². The number of ether oxygens (including phenoxy) is 1. The minimum absolute atomic E-state index is 0.0341. The lowest BCUT2D eigenvalue weighted by Gasteiger charge is -2.24. The van der Waals surface area contributed by atoms with Crippen molar-refractivity contribution in [2.75, 3.05) is 47.5 Å². The predicted molar refractivity (Wildman–Crippen MR) is 86.1 cm³/mol. The van der Waals surface area contributed by atoms with Crippen LogP contribution in [0.5, 0.6) is 0 Å². The highest BCUT2D eigenvalue weighted by Crippen LogP contribution is 2.43. The number of hydrogen-bond donors (Lipinski definition) is 2. The van der Waals surface area contributed by atoms with Gasteiger partial charge in [-0.05, 0) is 19.3 Å². The van der Waals surface area contributed by atoms with E-state index in [0.29, 0.717) is 36.9 Å². The van der Waals surface area contributed by atoms with Crippen LogP contribution in [0.25, 0.3) is 0 Å². The molecular formula is C14H31NO7P+. The minimum Gasteiger partial charge on any atom is -0.481 e. The van der Waals surface area contributed by atoms with Crippen LogP contribution >= 0.6 is 7.82 Å². The van der Waals surface area contributed by atoms with Crippen LogP contribution in [-0.2, 0) is 23.1 Å². The molecule has 2 N–H and O–H groups in total. The van der Waals surface area contributed by atoms with Crippen molar-refractivity contribution >= 4 is 13.8 Å². The van der Waals surface area contributed by atoms with Crippen molar-refractivity contribution < 1.29 is 37.6 Å². The lowest BCUT2D eigenvalue weighted by atomic mass is 10.2. The van der Waals surface area contributed by atoms with E-state index in [0.717, 1.165) is 0 Å². The van der Waals surface area contributed by atoms with Crippen LogP contribution < -0.4 is 0 Å². The van der Waals surface area contributed by atoms with Crippen LogP contribution in [0.4, 0.5) is 0 Å². The number of carboxylic acid groups (broad SMARTS) is 1. The molecule has 0 rings (SSSR count). The van der Waals surface area contributed by atoms with Crippen molar-refractivity contribution in [3.05, 3.63) is 0 Å². The number of phosphoric acid groups is 1. The number of aliphatic carboxylic acids is 1. The number of quaternary nitrogens is 1. The van der Waals surface area contributed by atoms with Crippen molar-refractivity contribution in [2.24, 2.45) is 0 Å². The normalized spacial score (nSPS) is 16.0. The smallest absolute Gasteiger partial charge is 0.472 e. The largest absolute Gasteiger partial charge is 0.481 e. The quantitative estimate of drug-likeness (QED) is 0.278. The Bertz CT molecular complexity index is 384. The summed E-state index contributed by atoms with van der Waals surface area (Å²) >= 11 is 0. The van der Waals surface area contributed by atoms with E-state index >= 15 is 0 Å². The lowest BCUT2D eigenvalue weighted by Crippen LogP contribution is -2.37. The SMILES string of the molecule is CCC(COP(=O)(O)OCC[N+](C)(C)C)OCCCCC(=O)O. The van der Waals surface area contributed by atoms with Crippen LogP contribution in [-0.4, -0.2) is 74.1 Å². The number of carbonyl (C=O) groups is 1. The Morgan fingerprint density at radius 3 is 2.35 bits per heavy atom. The summed E-state index contributed by atoms with van der Waals surface area (Å²) in [5, 5.41) is 8.53. The molecule has 0 saturated carbocycles. The number of nitrogens with zero attached hydrogens (tertiary/aromatic N) is 1. The average molecular weight is 356 g/mol. The molecule has 0 amide bonds. The summed E-state index contributed by atoms with van der Waals surface area (Å²) in [4.78, 5) is 20.0. The highest BCUT2D eigenvalue weighted by atomic mass is 31.2. The molecule has 0 aliphatic heterocycles. The Kier molecular flexibility index (Phi) is 10.9. The second-order valence-electron chi connectivity index (χ2n) is 6.36. The van der Waals surface area contributed by atoms with Gasteiger partial charge in [0.25, 0.3) is 0 Å². The third kappa shape index (κ3) is 14.8. The van der Waals surface area contributed by atoms with E-state index in [2.05, 4.69) is 0 Å². The van der Waals surface area contributed by atoms with Gasteiger partial charge in [-0.3, -0.25) is 13.8 Å². The molecule has 2 unspecified atom stereocenters. The molecule has 0 radical (unpaired) electrons. The molecule has 2 atom stereocenters. The first-order chi connectivity index (χ1) is 10.6. The molecule has 0 fully saturated rings. The molecular weight excluding hydrogens is 325 g/mol. The number of likely N-dealkylation sites (N-methyl/N-ethyl adjacent to an activating group) is 1. The van der Waals surface area contributed by atoms with Gasteiger partial charge in [-0.1, -0.05) is 6.92 Å². The Hall–Kier alpha value is -0.500. The summed E-state index contributed by atoms with van der Waals surface area (Å²) in [6.45, 7) is 2.96. The lowest BCUT2D eigenvalue weighted by molar-refractivity contribution is -0.870. The number of carboxylic acids is 1. The molecule has 0 bridgehead atoms. The van der Waals surface area contributed by atoms with Crippen LogP contribution in [0.15, 0.2) is 0 Å². The summed E-state index contributed by atoms with van der Waals surface area (Å²) < 4.78 is 27.8. The van der Waals surface area contributed by atoms with Crippen LogP contribution in [0, 0.1) is 0 Å².